The van der Waals surface area contributed by atoms with Crippen LogP contribution in [0.3, 0.4) is 0 Å². The first-order chi connectivity index (χ1) is 6.36. The number of fused-ring (bicyclic) bond motifs is 1. The molecular weight excluding hydrogens is 235 g/mol. The van der Waals surface area contributed by atoms with Crippen LogP contribution in [0.25, 0.3) is 0 Å². The van der Waals surface area contributed by atoms with Gasteiger partial charge in [0, 0.05) is 17.8 Å². The minimum Gasteiger partial charge on any atom is -0.550 e. The van der Waals surface area contributed by atoms with Gasteiger partial charge >= 0.3 is 35.5 Å². The van der Waals surface area contributed by atoms with Crippen LogP contribution in [-0.2, 0) is 19.4 Å². The van der Waals surface area contributed by atoms with Crippen molar-refractivity contribution in [2.24, 2.45) is 17.8 Å². The van der Waals surface area contributed by atoms with Gasteiger partial charge in [0.25, 0.3) is 0 Å². The Hall–Kier alpha value is -0.110. The van der Waals surface area contributed by atoms with Crippen LogP contribution in [0.15, 0.2) is 0 Å². The summed E-state index contributed by atoms with van der Waals surface area (Å²) in [6.07, 6.45) is 0. The van der Waals surface area contributed by atoms with Gasteiger partial charge in [0.15, 0.2) is 9.84 Å². The molecule has 0 bridgehead atoms. The molecule has 4 atom stereocenters. The number of aliphatic carboxylic acids is 2. The summed E-state index contributed by atoms with van der Waals surface area (Å²) in [6, 6.07) is 0. The summed E-state index contributed by atoms with van der Waals surface area (Å²) in [5.74, 6) is -6.15. The van der Waals surface area contributed by atoms with Crippen molar-refractivity contribution < 1.29 is 57.8 Å². The van der Waals surface area contributed by atoms with E-state index in [0.717, 1.165) is 0 Å². The molecule has 6 nitrogen and oxygen atoms in total. The Bertz CT molecular complexity index is 415. The van der Waals surface area contributed by atoms with E-state index in [0.29, 0.717) is 0 Å². The summed E-state index contributed by atoms with van der Waals surface area (Å²) in [5.41, 5.74) is 0. The van der Waals surface area contributed by atoms with Gasteiger partial charge in [0.1, 0.15) is 0 Å². The molecule has 0 aromatic carbocycles. The van der Waals surface area contributed by atoms with Gasteiger partial charge in [0.05, 0.1) is 16.9 Å². The molecule has 0 radical (unpaired) electrons. The van der Waals surface area contributed by atoms with Crippen LogP contribution < -0.4 is 34.7 Å². The Morgan fingerprint density at radius 3 is 2.20 bits per heavy atom. The zero-order valence-corrected chi connectivity index (χ0v) is 10.7. The van der Waals surface area contributed by atoms with E-state index < -0.39 is 50.5 Å². The fraction of sp³-hybridized carbons (Fsp3) is 0.714. The molecule has 0 aromatic rings. The zero-order chi connectivity index (χ0) is 10.7. The molecule has 1 N–H and O–H groups in total. The van der Waals surface area contributed by atoms with Gasteiger partial charge in [-0.15, -0.1) is 0 Å². The number of hydrogen-bond acceptors (Lipinski definition) is 5. The van der Waals surface area contributed by atoms with Gasteiger partial charge in [-0.2, -0.15) is 0 Å². The maximum absolute atomic E-state index is 11.3. The van der Waals surface area contributed by atoms with Crippen LogP contribution in [0.5, 0.6) is 0 Å². The van der Waals surface area contributed by atoms with Gasteiger partial charge in [-0.3, -0.25) is 4.79 Å². The molecule has 2 rings (SSSR count). The topological polar surface area (TPSA) is 112 Å². The van der Waals surface area contributed by atoms with Gasteiger partial charge in [0.2, 0.25) is 0 Å². The van der Waals surface area contributed by atoms with Gasteiger partial charge in [-0.25, -0.2) is 8.42 Å². The van der Waals surface area contributed by atoms with E-state index in [2.05, 4.69) is 0 Å². The molecule has 1 saturated heterocycles. The number of sulfone groups is 1. The number of hydrogen-bond donors (Lipinski definition) is 1. The second-order valence-electron chi connectivity index (χ2n) is 3.66. The van der Waals surface area contributed by atoms with E-state index in [1.165, 1.54) is 0 Å². The minimum absolute atomic E-state index is 0. The quantitative estimate of drug-likeness (QED) is 0.483. The van der Waals surface area contributed by atoms with E-state index in [4.69, 9.17) is 5.11 Å². The first-order valence-corrected chi connectivity index (χ1v) is 5.73. The van der Waals surface area contributed by atoms with Crippen molar-refractivity contribution in [3.8, 4) is 0 Å². The van der Waals surface area contributed by atoms with Crippen LogP contribution in [-0.4, -0.2) is 36.5 Å². The largest absolute Gasteiger partial charge is 1.00 e. The molecule has 1 aliphatic carbocycles. The molecule has 78 valence electrons. The summed E-state index contributed by atoms with van der Waals surface area (Å²) >= 11 is 0. The second kappa shape index (κ2) is 3.73. The van der Waals surface area contributed by atoms with Crippen molar-refractivity contribution >= 4 is 21.8 Å². The zero-order valence-electron chi connectivity index (χ0n) is 7.91. The first kappa shape index (κ1) is 13.0. The normalized spacial score (nSPS) is 40.0. The van der Waals surface area contributed by atoms with E-state index in [-0.39, 0.29) is 29.6 Å². The number of carbonyl (C=O) groups excluding carboxylic acids is 1. The molecule has 1 aliphatic heterocycles. The summed E-state index contributed by atoms with van der Waals surface area (Å²) in [4.78, 5) is 21.1. The maximum atomic E-state index is 11.3. The molecular formula is C7H7NaO6S. The third-order valence-electron chi connectivity index (χ3n) is 2.89. The van der Waals surface area contributed by atoms with Gasteiger partial charge < -0.3 is 15.0 Å². The van der Waals surface area contributed by atoms with E-state index in [1.807, 2.05) is 0 Å². The third kappa shape index (κ3) is 1.82. The predicted octanol–water partition coefficient (Wildman–Crippen LogP) is -5.52. The standard InChI is InChI=1S/C7H8O6S.Na/c8-6(9)2-1-14(12,13)5-3(2)4(5)7(10)11;/h2-5H,1H2,(H,8,9)(H,10,11);/q;+1/p-1. The maximum Gasteiger partial charge on any atom is 1.00 e. The van der Waals surface area contributed by atoms with Crippen molar-refractivity contribution in [1.29, 1.82) is 0 Å². The summed E-state index contributed by atoms with van der Waals surface area (Å²) < 4.78 is 22.6. The molecule has 2 aliphatic rings. The molecule has 0 amide bonds. The van der Waals surface area contributed by atoms with Gasteiger partial charge in [-0.1, -0.05) is 0 Å². The molecule has 2 fully saturated rings. The smallest absolute Gasteiger partial charge is 0.550 e. The Balaban J connectivity index is 0.00000112. The first-order valence-electron chi connectivity index (χ1n) is 4.01. The molecule has 4 unspecified atom stereocenters. The average molecular weight is 242 g/mol. The summed E-state index contributed by atoms with van der Waals surface area (Å²) in [7, 11) is -3.54. The molecule has 8 heteroatoms. The van der Waals surface area contributed by atoms with E-state index >= 15 is 0 Å². The minimum atomic E-state index is -3.54. The van der Waals surface area contributed by atoms with Crippen LogP contribution >= 0.6 is 0 Å². The van der Waals surface area contributed by atoms with Crippen molar-refractivity contribution in [2.45, 2.75) is 5.25 Å². The monoisotopic (exact) mass is 242 g/mol. The van der Waals surface area contributed by atoms with Crippen molar-refractivity contribution in [1.82, 2.24) is 0 Å². The molecule has 1 heterocycles. The van der Waals surface area contributed by atoms with Crippen LogP contribution in [0.4, 0.5) is 0 Å². The molecule has 0 aromatic heterocycles. The number of carboxylic acid groups (broad SMARTS) is 2. The SMILES string of the molecule is O=C([O-])C1CS(=O)(=O)C2C(C(=O)O)C12.[Na+]. The Morgan fingerprint density at radius 2 is 1.87 bits per heavy atom. The fourth-order valence-electron chi connectivity index (χ4n) is 2.25. The Morgan fingerprint density at radius 1 is 1.33 bits per heavy atom. The molecule has 15 heavy (non-hydrogen) atoms. The number of rotatable bonds is 2. The Kier molecular flexibility index (Phi) is 3.22. The third-order valence-corrected chi connectivity index (χ3v) is 5.15. The molecule has 1 saturated carbocycles. The predicted molar refractivity (Wildman–Crippen MR) is 40.7 cm³/mol. The van der Waals surface area contributed by atoms with Gasteiger partial charge in [-0.05, 0) is 0 Å². The van der Waals surface area contributed by atoms with Crippen LogP contribution in [0.1, 0.15) is 0 Å². The van der Waals surface area contributed by atoms with Crippen molar-refractivity contribution in [3.63, 3.8) is 0 Å². The van der Waals surface area contributed by atoms with E-state index in [1.54, 1.807) is 0 Å². The summed E-state index contributed by atoms with van der Waals surface area (Å²) in [6.45, 7) is 0. The average Bonchev–Trinajstić information content (AvgIpc) is 2.68. The van der Waals surface area contributed by atoms with Crippen LogP contribution in [0.2, 0.25) is 0 Å². The van der Waals surface area contributed by atoms with Crippen molar-refractivity contribution in [3.05, 3.63) is 0 Å². The number of carboxylic acids is 2. The van der Waals surface area contributed by atoms with Crippen LogP contribution in [0, 0.1) is 17.8 Å². The number of carbonyl (C=O) groups is 2. The summed E-state index contributed by atoms with van der Waals surface area (Å²) in [5, 5.41) is 18.1. The molecule has 0 spiro atoms. The fourth-order valence-corrected chi connectivity index (χ4v) is 4.82. The Labute approximate surface area is 108 Å². The van der Waals surface area contributed by atoms with E-state index in [9.17, 15) is 23.1 Å². The second-order valence-corrected chi connectivity index (χ2v) is 5.86. The van der Waals surface area contributed by atoms with Crippen molar-refractivity contribution in [2.75, 3.05) is 5.75 Å².